The molecular weight excluding hydrogens is 172 g/mol. The highest BCUT2D eigenvalue weighted by molar-refractivity contribution is 6.83. The van der Waals surface area contributed by atoms with E-state index in [1.54, 1.807) is 0 Å². The first-order valence-corrected chi connectivity index (χ1v) is 8.52. The third-order valence-electron chi connectivity index (χ3n) is 1.96. The maximum absolute atomic E-state index is 3.42. The van der Waals surface area contributed by atoms with E-state index in [0.717, 1.165) is 0 Å². The van der Waals surface area contributed by atoms with Gasteiger partial charge in [-0.25, -0.2) is 0 Å². The summed E-state index contributed by atoms with van der Waals surface area (Å²) in [6.45, 7) is 13.4. The third kappa shape index (κ3) is 6.66. The minimum Gasteiger partial charge on any atom is -0.132 e. The van der Waals surface area contributed by atoms with Crippen LogP contribution in [0, 0.1) is 23.3 Å². The van der Waals surface area contributed by atoms with Crippen molar-refractivity contribution in [3.63, 3.8) is 0 Å². The van der Waals surface area contributed by atoms with E-state index in [-0.39, 0.29) is 0 Å². The van der Waals surface area contributed by atoms with E-state index in [2.05, 4.69) is 64.0 Å². The standard InChI is InChI=1S/C12H22Si/c1-7-8-11(2)12(3)9-10-13(4,5)6/h7-8,11-12H,1-6H3/b8-7+/t11-,12-/m0/s1. The van der Waals surface area contributed by atoms with E-state index >= 15 is 0 Å². The zero-order valence-corrected chi connectivity index (χ0v) is 10.8. The molecule has 0 radical (unpaired) electrons. The van der Waals surface area contributed by atoms with Gasteiger partial charge in [0.05, 0.1) is 0 Å². The molecule has 0 aliphatic rings. The van der Waals surface area contributed by atoms with Crippen molar-refractivity contribution < 1.29 is 0 Å². The van der Waals surface area contributed by atoms with Gasteiger partial charge < -0.3 is 0 Å². The number of rotatable bonds is 2. The van der Waals surface area contributed by atoms with Crippen molar-refractivity contribution in [1.29, 1.82) is 0 Å². The Morgan fingerprint density at radius 2 is 1.69 bits per heavy atom. The van der Waals surface area contributed by atoms with Gasteiger partial charge in [-0.05, 0) is 12.8 Å². The Kier molecular flexibility index (Phi) is 5.09. The highest BCUT2D eigenvalue weighted by atomic mass is 28.3. The Labute approximate surface area is 84.4 Å². The predicted octanol–water partition coefficient (Wildman–Crippen LogP) is 3.72. The van der Waals surface area contributed by atoms with Crippen LogP contribution in [0.1, 0.15) is 20.8 Å². The van der Waals surface area contributed by atoms with Crippen LogP contribution >= 0.6 is 0 Å². The molecule has 0 rings (SSSR count). The molecule has 0 aromatic rings. The lowest BCUT2D eigenvalue weighted by atomic mass is 9.97. The Morgan fingerprint density at radius 3 is 2.08 bits per heavy atom. The lowest BCUT2D eigenvalue weighted by Crippen LogP contribution is -2.17. The summed E-state index contributed by atoms with van der Waals surface area (Å²) in [5.74, 6) is 4.43. The van der Waals surface area contributed by atoms with Gasteiger partial charge in [-0.2, -0.15) is 0 Å². The molecule has 1 heteroatoms. The molecule has 0 bridgehead atoms. The van der Waals surface area contributed by atoms with Gasteiger partial charge in [0.2, 0.25) is 0 Å². The van der Waals surface area contributed by atoms with Crippen LogP contribution in [0.2, 0.25) is 19.6 Å². The first kappa shape index (κ1) is 12.5. The fourth-order valence-corrected chi connectivity index (χ4v) is 1.59. The van der Waals surface area contributed by atoms with Crippen LogP contribution < -0.4 is 0 Å². The summed E-state index contributed by atoms with van der Waals surface area (Å²) in [4.78, 5) is 0. The molecule has 0 unspecified atom stereocenters. The predicted molar refractivity (Wildman–Crippen MR) is 64.3 cm³/mol. The molecule has 0 fully saturated rings. The van der Waals surface area contributed by atoms with Gasteiger partial charge in [0.1, 0.15) is 8.07 Å². The van der Waals surface area contributed by atoms with E-state index in [9.17, 15) is 0 Å². The van der Waals surface area contributed by atoms with Crippen molar-refractivity contribution in [3.8, 4) is 11.5 Å². The highest BCUT2D eigenvalue weighted by Crippen LogP contribution is 2.11. The summed E-state index contributed by atoms with van der Waals surface area (Å²) >= 11 is 0. The number of allylic oxidation sites excluding steroid dienone is 2. The third-order valence-corrected chi connectivity index (χ3v) is 2.85. The van der Waals surface area contributed by atoms with Crippen molar-refractivity contribution in [3.05, 3.63) is 12.2 Å². The van der Waals surface area contributed by atoms with E-state index in [1.807, 2.05) is 0 Å². The van der Waals surface area contributed by atoms with Crippen molar-refractivity contribution in [2.24, 2.45) is 11.8 Å². The first-order valence-electron chi connectivity index (χ1n) is 5.02. The topological polar surface area (TPSA) is 0 Å². The summed E-state index contributed by atoms with van der Waals surface area (Å²) in [6.07, 6.45) is 4.33. The fraction of sp³-hybridized carbons (Fsp3) is 0.667. The molecule has 0 nitrogen and oxygen atoms in total. The molecule has 0 aromatic carbocycles. The molecule has 2 atom stereocenters. The monoisotopic (exact) mass is 194 g/mol. The van der Waals surface area contributed by atoms with Crippen molar-refractivity contribution >= 4 is 8.07 Å². The summed E-state index contributed by atoms with van der Waals surface area (Å²) in [5.41, 5.74) is 3.42. The second-order valence-corrected chi connectivity index (χ2v) is 9.44. The van der Waals surface area contributed by atoms with Gasteiger partial charge in [-0.1, -0.05) is 45.6 Å². The van der Waals surface area contributed by atoms with Gasteiger partial charge in [0.25, 0.3) is 0 Å². The van der Waals surface area contributed by atoms with E-state index < -0.39 is 8.07 Å². The lowest BCUT2D eigenvalue weighted by molar-refractivity contribution is 0.576. The quantitative estimate of drug-likeness (QED) is 0.357. The normalized spacial score (nSPS) is 16.5. The van der Waals surface area contributed by atoms with Crippen LogP contribution in [0.5, 0.6) is 0 Å². The summed E-state index contributed by atoms with van der Waals surface area (Å²) in [5, 5.41) is 0. The minimum atomic E-state index is -1.17. The second kappa shape index (κ2) is 5.29. The summed E-state index contributed by atoms with van der Waals surface area (Å²) in [6, 6.07) is 0. The molecule has 0 aromatic heterocycles. The molecule has 74 valence electrons. The van der Waals surface area contributed by atoms with Crippen molar-refractivity contribution in [1.82, 2.24) is 0 Å². The van der Waals surface area contributed by atoms with E-state index in [0.29, 0.717) is 11.8 Å². The molecule has 0 amide bonds. The van der Waals surface area contributed by atoms with Crippen LogP contribution in [-0.4, -0.2) is 8.07 Å². The largest absolute Gasteiger partial charge is 0.132 e. The molecule has 0 saturated heterocycles. The highest BCUT2D eigenvalue weighted by Gasteiger charge is 2.10. The van der Waals surface area contributed by atoms with Gasteiger partial charge >= 0.3 is 0 Å². The Hall–Kier alpha value is -0.483. The van der Waals surface area contributed by atoms with Crippen LogP contribution in [0.4, 0.5) is 0 Å². The molecule has 0 aliphatic heterocycles. The number of hydrogen-bond acceptors (Lipinski definition) is 0. The molecule has 13 heavy (non-hydrogen) atoms. The molecule has 0 saturated carbocycles. The van der Waals surface area contributed by atoms with E-state index in [1.165, 1.54) is 0 Å². The van der Waals surface area contributed by atoms with Gasteiger partial charge in [0, 0.05) is 5.92 Å². The molecular formula is C12H22Si. The zero-order valence-electron chi connectivity index (χ0n) is 9.81. The second-order valence-electron chi connectivity index (χ2n) is 4.69. The van der Waals surface area contributed by atoms with Crippen molar-refractivity contribution in [2.45, 2.75) is 40.4 Å². The van der Waals surface area contributed by atoms with Crippen molar-refractivity contribution in [2.75, 3.05) is 0 Å². The van der Waals surface area contributed by atoms with Crippen LogP contribution in [0.3, 0.4) is 0 Å². The first-order chi connectivity index (χ1) is 5.87. The smallest absolute Gasteiger partial charge is 0.129 e. The molecule has 0 spiro atoms. The maximum atomic E-state index is 3.42. The Balaban J connectivity index is 4.26. The Morgan fingerprint density at radius 1 is 1.15 bits per heavy atom. The van der Waals surface area contributed by atoms with Crippen LogP contribution in [0.25, 0.3) is 0 Å². The fourth-order valence-electron chi connectivity index (χ4n) is 0.932. The van der Waals surface area contributed by atoms with Gasteiger partial charge in [0.15, 0.2) is 0 Å². The van der Waals surface area contributed by atoms with Crippen LogP contribution in [0.15, 0.2) is 12.2 Å². The minimum absolute atomic E-state index is 0.489. The average Bonchev–Trinajstić information content (AvgIpc) is 1.99. The number of hydrogen-bond donors (Lipinski definition) is 0. The summed E-state index contributed by atoms with van der Waals surface area (Å²) < 4.78 is 0. The summed E-state index contributed by atoms with van der Waals surface area (Å²) in [7, 11) is -1.17. The average molecular weight is 194 g/mol. The SMILES string of the molecule is C/C=C/[C@H](C)[C@@H](C)C#C[Si](C)(C)C. The van der Waals surface area contributed by atoms with Crippen LogP contribution in [-0.2, 0) is 0 Å². The van der Waals surface area contributed by atoms with Gasteiger partial charge in [-0.15, -0.1) is 11.5 Å². The maximum Gasteiger partial charge on any atom is 0.129 e. The Bertz CT molecular complexity index is 222. The molecule has 0 N–H and O–H groups in total. The molecule has 0 aliphatic carbocycles. The van der Waals surface area contributed by atoms with E-state index in [4.69, 9.17) is 0 Å². The van der Waals surface area contributed by atoms with Gasteiger partial charge in [-0.3, -0.25) is 0 Å². The zero-order chi connectivity index (χ0) is 10.5. The molecule has 0 heterocycles. The lowest BCUT2D eigenvalue weighted by Gasteiger charge is -2.11.